The Morgan fingerprint density at radius 3 is 2.36 bits per heavy atom. The van der Waals surface area contributed by atoms with E-state index >= 15 is 0 Å². The quantitative estimate of drug-likeness (QED) is 0.628. The summed E-state index contributed by atoms with van der Waals surface area (Å²) in [5.41, 5.74) is 0.0324. The first-order valence-corrected chi connectivity index (χ1v) is 3.19. The van der Waals surface area contributed by atoms with Crippen molar-refractivity contribution in [1.82, 2.24) is 0 Å². The molecule has 0 saturated heterocycles. The minimum atomic E-state index is -2.54. The lowest BCUT2D eigenvalue weighted by molar-refractivity contribution is 0.138. The van der Waals surface area contributed by atoms with Crippen LogP contribution in [-0.2, 0) is 11.7 Å². The molecule has 59 valence electrons. The van der Waals surface area contributed by atoms with Gasteiger partial charge in [-0.25, -0.2) is 13.9 Å². The van der Waals surface area contributed by atoms with Gasteiger partial charge in [0, 0.05) is 5.56 Å². The maximum absolute atomic E-state index is 12.1. The van der Waals surface area contributed by atoms with Crippen LogP contribution in [0.1, 0.15) is 17.6 Å². The maximum atomic E-state index is 12.1. The van der Waals surface area contributed by atoms with E-state index in [-0.39, 0.29) is 11.1 Å². The second-order valence-electron chi connectivity index (χ2n) is 2.14. The summed E-state index contributed by atoms with van der Waals surface area (Å²) in [6, 6.07) is 5.78. The van der Waals surface area contributed by atoms with Gasteiger partial charge in [-0.3, -0.25) is 0 Å². The lowest BCUT2D eigenvalue weighted by atomic mass is 10.1. The summed E-state index contributed by atoms with van der Waals surface area (Å²) in [6.45, 7) is -0.583. The zero-order chi connectivity index (χ0) is 8.27. The highest BCUT2D eigenvalue weighted by Crippen LogP contribution is 2.22. The fraction of sp³-hybridized carbons (Fsp3) is 0.250. The van der Waals surface area contributed by atoms with Crippen molar-refractivity contribution in [2.75, 3.05) is 0 Å². The van der Waals surface area contributed by atoms with E-state index in [1.165, 1.54) is 18.2 Å². The van der Waals surface area contributed by atoms with E-state index in [2.05, 4.69) is 0 Å². The van der Waals surface area contributed by atoms with Crippen molar-refractivity contribution < 1.29 is 13.9 Å². The Labute approximate surface area is 63.3 Å². The highest BCUT2D eigenvalue weighted by molar-refractivity contribution is 5.27. The summed E-state index contributed by atoms with van der Waals surface area (Å²) in [5, 5.41) is 10.3. The molecule has 0 aliphatic rings. The van der Waals surface area contributed by atoms with Gasteiger partial charge in [0.05, 0.1) is 0 Å². The smallest absolute Gasteiger partial charge is 0.232 e. The summed E-state index contributed by atoms with van der Waals surface area (Å²) in [4.78, 5) is 0. The predicted octanol–water partition coefficient (Wildman–Crippen LogP) is 2.55. The standard InChI is InChI=1S/C8H7F2O/c9-8(10)7-4-2-1-3-6(7)5-11/h1-4,8H,5H2. The average Bonchev–Trinajstić information content (AvgIpc) is 2.04. The van der Waals surface area contributed by atoms with Crippen LogP contribution < -0.4 is 0 Å². The number of rotatable bonds is 2. The largest absolute Gasteiger partial charge is 0.264 e. The van der Waals surface area contributed by atoms with Crippen molar-refractivity contribution >= 4 is 0 Å². The Bertz CT molecular complexity index is 235. The molecule has 1 aromatic carbocycles. The molecule has 0 unspecified atom stereocenters. The molecule has 11 heavy (non-hydrogen) atoms. The van der Waals surface area contributed by atoms with E-state index in [1.54, 1.807) is 6.07 Å². The number of hydrogen-bond acceptors (Lipinski definition) is 0. The SMILES string of the molecule is [O]Cc1ccccc1C(F)F. The summed E-state index contributed by atoms with van der Waals surface area (Å²) >= 11 is 0. The van der Waals surface area contributed by atoms with Crippen LogP contribution in [0.5, 0.6) is 0 Å². The molecular weight excluding hydrogens is 150 g/mol. The van der Waals surface area contributed by atoms with E-state index in [4.69, 9.17) is 0 Å². The first-order chi connectivity index (χ1) is 5.25. The molecule has 1 radical (unpaired) electrons. The summed E-state index contributed by atoms with van der Waals surface area (Å²) in [6.07, 6.45) is -2.54. The lowest BCUT2D eigenvalue weighted by Gasteiger charge is -2.03. The van der Waals surface area contributed by atoms with E-state index < -0.39 is 13.0 Å². The molecule has 0 N–H and O–H groups in total. The van der Waals surface area contributed by atoms with Gasteiger partial charge in [0.2, 0.25) is 0 Å². The van der Waals surface area contributed by atoms with E-state index in [0.717, 1.165) is 0 Å². The summed E-state index contributed by atoms with van der Waals surface area (Å²) in [5.74, 6) is 0. The Morgan fingerprint density at radius 1 is 1.27 bits per heavy atom. The van der Waals surface area contributed by atoms with E-state index in [1.807, 2.05) is 0 Å². The van der Waals surface area contributed by atoms with Crippen LogP contribution in [0.15, 0.2) is 24.3 Å². The van der Waals surface area contributed by atoms with Gasteiger partial charge in [0.25, 0.3) is 6.43 Å². The van der Waals surface area contributed by atoms with Crippen LogP contribution >= 0.6 is 0 Å². The second kappa shape index (κ2) is 3.44. The van der Waals surface area contributed by atoms with Crippen LogP contribution in [0, 0.1) is 0 Å². The molecule has 1 rings (SSSR count). The molecular formula is C8H7F2O. The van der Waals surface area contributed by atoms with Gasteiger partial charge < -0.3 is 0 Å². The Morgan fingerprint density at radius 2 is 1.91 bits per heavy atom. The van der Waals surface area contributed by atoms with Gasteiger partial charge in [0.15, 0.2) is 0 Å². The minimum Gasteiger partial charge on any atom is -0.232 e. The average molecular weight is 157 g/mol. The fourth-order valence-electron chi connectivity index (χ4n) is 0.879. The number of halogens is 2. The van der Waals surface area contributed by atoms with Crippen molar-refractivity contribution in [2.45, 2.75) is 13.0 Å². The molecule has 3 heteroatoms. The van der Waals surface area contributed by atoms with Crippen LogP contribution in [0.3, 0.4) is 0 Å². The van der Waals surface area contributed by atoms with Crippen molar-refractivity contribution in [1.29, 1.82) is 0 Å². The van der Waals surface area contributed by atoms with Crippen LogP contribution in [-0.4, -0.2) is 0 Å². The van der Waals surface area contributed by atoms with Gasteiger partial charge in [-0.15, -0.1) is 0 Å². The van der Waals surface area contributed by atoms with Gasteiger partial charge in [-0.2, -0.15) is 0 Å². The monoisotopic (exact) mass is 157 g/mol. The highest BCUT2D eigenvalue weighted by atomic mass is 19.3. The third-order valence-electron chi connectivity index (χ3n) is 1.45. The summed E-state index contributed by atoms with van der Waals surface area (Å²) < 4.78 is 24.2. The van der Waals surface area contributed by atoms with Crippen molar-refractivity contribution in [3.05, 3.63) is 35.4 Å². The molecule has 0 aliphatic carbocycles. The zero-order valence-electron chi connectivity index (χ0n) is 5.76. The number of benzene rings is 1. The molecule has 1 aromatic rings. The Balaban J connectivity index is 3.02. The molecule has 0 saturated carbocycles. The lowest BCUT2D eigenvalue weighted by Crippen LogP contribution is -1.92. The van der Waals surface area contributed by atoms with E-state index in [9.17, 15) is 13.9 Å². The third kappa shape index (κ3) is 1.74. The van der Waals surface area contributed by atoms with Crippen molar-refractivity contribution in [3.8, 4) is 0 Å². The second-order valence-corrected chi connectivity index (χ2v) is 2.14. The van der Waals surface area contributed by atoms with Gasteiger partial charge >= 0.3 is 0 Å². The van der Waals surface area contributed by atoms with Crippen LogP contribution in [0.25, 0.3) is 0 Å². The van der Waals surface area contributed by atoms with E-state index in [0.29, 0.717) is 0 Å². The van der Waals surface area contributed by atoms with Crippen molar-refractivity contribution in [3.63, 3.8) is 0 Å². The summed E-state index contributed by atoms with van der Waals surface area (Å²) in [7, 11) is 0. The highest BCUT2D eigenvalue weighted by Gasteiger charge is 2.10. The Hall–Kier alpha value is -0.960. The van der Waals surface area contributed by atoms with Crippen LogP contribution in [0.2, 0.25) is 0 Å². The minimum absolute atomic E-state index is 0.150. The molecule has 0 spiro atoms. The number of alkyl halides is 2. The van der Waals surface area contributed by atoms with Gasteiger partial charge in [0.1, 0.15) is 6.61 Å². The zero-order valence-corrected chi connectivity index (χ0v) is 5.76. The van der Waals surface area contributed by atoms with Gasteiger partial charge in [-0.05, 0) is 5.56 Å². The first kappa shape index (κ1) is 8.14. The molecule has 1 nitrogen and oxygen atoms in total. The maximum Gasteiger partial charge on any atom is 0.264 e. The topological polar surface area (TPSA) is 19.9 Å². The molecule has 0 fully saturated rings. The van der Waals surface area contributed by atoms with Crippen LogP contribution in [0.4, 0.5) is 8.78 Å². The third-order valence-corrected chi connectivity index (χ3v) is 1.45. The molecule has 0 heterocycles. The predicted molar refractivity (Wildman–Crippen MR) is 35.8 cm³/mol. The fourth-order valence-corrected chi connectivity index (χ4v) is 0.879. The normalized spacial score (nSPS) is 10.5. The molecule has 0 bridgehead atoms. The first-order valence-electron chi connectivity index (χ1n) is 3.19. The van der Waals surface area contributed by atoms with Gasteiger partial charge in [-0.1, -0.05) is 24.3 Å². The molecule has 0 amide bonds. The Kier molecular flexibility index (Phi) is 2.54. The molecule has 0 aliphatic heterocycles. The molecule has 0 atom stereocenters. The number of hydrogen-bond donors (Lipinski definition) is 0. The van der Waals surface area contributed by atoms with Crippen molar-refractivity contribution in [2.24, 2.45) is 0 Å². The molecule has 0 aromatic heterocycles.